The predicted octanol–water partition coefficient (Wildman–Crippen LogP) is 5.06. The Labute approximate surface area is 145 Å². The highest BCUT2D eigenvalue weighted by molar-refractivity contribution is 4.72. The predicted molar refractivity (Wildman–Crippen MR) is 101 cm³/mol. The Morgan fingerprint density at radius 3 is 1.48 bits per heavy atom. The van der Waals surface area contributed by atoms with Crippen LogP contribution in [-0.4, -0.2) is 34.1 Å². The highest BCUT2D eigenvalue weighted by Gasteiger charge is 2.21. The number of hydrogen-bond donors (Lipinski definition) is 3. The molecule has 3 nitrogen and oxygen atoms in total. The number of rotatable bonds is 16. The zero-order valence-electron chi connectivity index (χ0n) is 15.0. The molecular formula is C20H44O3. The van der Waals surface area contributed by atoms with Crippen molar-refractivity contribution >= 4 is 0 Å². The Bertz CT molecular complexity index is 221. The van der Waals surface area contributed by atoms with Gasteiger partial charge in [-0.15, -0.1) is 0 Å². The van der Waals surface area contributed by atoms with Crippen molar-refractivity contribution in [2.24, 2.45) is 5.92 Å². The second kappa shape index (κ2) is 18.2. The van der Waals surface area contributed by atoms with E-state index < -0.39 is 12.2 Å². The first-order valence-electron chi connectivity index (χ1n) is 9.60. The van der Waals surface area contributed by atoms with E-state index in [4.69, 9.17) is 5.11 Å². The fraction of sp³-hybridized carbons (Fsp3) is 1.00. The van der Waals surface area contributed by atoms with Crippen molar-refractivity contribution in [1.82, 2.24) is 0 Å². The monoisotopic (exact) mass is 332 g/mol. The van der Waals surface area contributed by atoms with E-state index in [9.17, 15) is 10.2 Å². The van der Waals surface area contributed by atoms with Gasteiger partial charge < -0.3 is 15.3 Å². The summed E-state index contributed by atoms with van der Waals surface area (Å²) in [6.07, 6.45) is 14.8. The highest BCUT2D eigenvalue weighted by atomic mass is 16.3. The first-order valence-corrected chi connectivity index (χ1v) is 9.60. The van der Waals surface area contributed by atoms with Gasteiger partial charge in [0, 0.05) is 12.5 Å². The molecule has 0 aliphatic heterocycles. The zero-order valence-corrected chi connectivity index (χ0v) is 15.0. The lowest BCUT2D eigenvalue weighted by molar-refractivity contribution is -0.0309. The summed E-state index contributed by atoms with van der Waals surface area (Å²) in [5.41, 5.74) is 0. The van der Waals surface area contributed by atoms with Gasteiger partial charge in [-0.2, -0.15) is 0 Å². The third-order valence-corrected chi connectivity index (χ3v) is 4.62. The van der Waals surface area contributed by atoms with Crippen LogP contribution in [0.25, 0.3) is 0 Å². The second-order valence-corrected chi connectivity index (χ2v) is 6.90. The van der Waals surface area contributed by atoms with E-state index in [0.717, 1.165) is 12.8 Å². The van der Waals surface area contributed by atoms with Crippen molar-refractivity contribution in [3.05, 3.63) is 0 Å². The lowest BCUT2D eigenvalue weighted by Gasteiger charge is -2.22. The van der Waals surface area contributed by atoms with Crippen LogP contribution in [-0.2, 0) is 0 Å². The van der Waals surface area contributed by atoms with Crippen LogP contribution in [0.2, 0.25) is 0 Å². The van der Waals surface area contributed by atoms with Gasteiger partial charge in [0.15, 0.2) is 0 Å². The lowest BCUT2D eigenvalue weighted by Crippen LogP contribution is -2.33. The maximum absolute atomic E-state index is 9.82. The smallest absolute Gasteiger partial charge is 0.0846 e. The van der Waals surface area contributed by atoms with Crippen molar-refractivity contribution in [3.8, 4) is 0 Å². The first-order chi connectivity index (χ1) is 10.6. The zero-order chi connectivity index (χ0) is 16.6. The van der Waals surface area contributed by atoms with E-state index in [1.54, 1.807) is 6.92 Å². The van der Waals surface area contributed by atoms with Gasteiger partial charge in [-0.25, -0.2) is 0 Å². The average molecular weight is 333 g/mol. The minimum atomic E-state index is -0.794. The third kappa shape index (κ3) is 15.2. The fourth-order valence-corrected chi connectivity index (χ4v) is 2.85. The van der Waals surface area contributed by atoms with Crippen LogP contribution in [0, 0.1) is 5.92 Å². The Balaban J connectivity index is 0. The SMILES string of the molecule is C.CCCCCCCCCCCCCC[C@@H](O)[C@@H](O)[C@@H](C)CO. The van der Waals surface area contributed by atoms with E-state index in [-0.39, 0.29) is 20.0 Å². The molecule has 0 radical (unpaired) electrons. The lowest BCUT2D eigenvalue weighted by atomic mass is 9.96. The molecule has 3 heteroatoms. The Morgan fingerprint density at radius 1 is 0.696 bits per heavy atom. The summed E-state index contributed by atoms with van der Waals surface area (Å²) in [7, 11) is 0. The summed E-state index contributed by atoms with van der Waals surface area (Å²) < 4.78 is 0. The summed E-state index contributed by atoms with van der Waals surface area (Å²) in [5, 5.41) is 28.5. The molecule has 0 aromatic heterocycles. The van der Waals surface area contributed by atoms with Crippen LogP contribution in [0.5, 0.6) is 0 Å². The second-order valence-electron chi connectivity index (χ2n) is 6.90. The van der Waals surface area contributed by atoms with Gasteiger partial charge in [0.2, 0.25) is 0 Å². The molecule has 0 unspecified atom stereocenters. The number of unbranched alkanes of at least 4 members (excludes halogenated alkanes) is 11. The topological polar surface area (TPSA) is 60.7 Å². The van der Waals surface area contributed by atoms with Gasteiger partial charge in [0.05, 0.1) is 12.2 Å². The molecule has 3 N–H and O–H groups in total. The molecule has 0 spiro atoms. The van der Waals surface area contributed by atoms with Crippen molar-refractivity contribution in [3.63, 3.8) is 0 Å². The van der Waals surface area contributed by atoms with Crippen LogP contribution in [0.4, 0.5) is 0 Å². The first kappa shape index (κ1) is 25.1. The van der Waals surface area contributed by atoms with Gasteiger partial charge in [-0.1, -0.05) is 98.3 Å². The van der Waals surface area contributed by atoms with Gasteiger partial charge in [-0.3, -0.25) is 0 Å². The summed E-state index contributed by atoms with van der Waals surface area (Å²) in [6.45, 7) is 3.94. The van der Waals surface area contributed by atoms with Gasteiger partial charge >= 0.3 is 0 Å². The van der Waals surface area contributed by atoms with Crippen molar-refractivity contribution in [2.45, 2.75) is 117 Å². The maximum atomic E-state index is 9.82. The number of aliphatic hydroxyl groups excluding tert-OH is 3. The van der Waals surface area contributed by atoms with E-state index in [1.165, 1.54) is 64.2 Å². The van der Waals surface area contributed by atoms with Crippen LogP contribution in [0.3, 0.4) is 0 Å². The van der Waals surface area contributed by atoms with Crippen molar-refractivity contribution < 1.29 is 15.3 Å². The Kier molecular flexibility index (Phi) is 19.9. The Hall–Kier alpha value is -0.120. The molecule has 23 heavy (non-hydrogen) atoms. The van der Waals surface area contributed by atoms with Gasteiger partial charge in [-0.05, 0) is 6.42 Å². The van der Waals surface area contributed by atoms with Crippen LogP contribution >= 0.6 is 0 Å². The number of aliphatic hydroxyl groups is 3. The molecular weight excluding hydrogens is 288 g/mol. The molecule has 0 saturated heterocycles. The molecule has 0 heterocycles. The van der Waals surface area contributed by atoms with Gasteiger partial charge in [0.25, 0.3) is 0 Å². The normalized spacial score (nSPS) is 15.0. The Morgan fingerprint density at radius 2 is 1.09 bits per heavy atom. The maximum Gasteiger partial charge on any atom is 0.0846 e. The summed E-state index contributed by atoms with van der Waals surface area (Å²) in [5.74, 6) is -0.243. The quantitative estimate of drug-likeness (QED) is 0.346. The summed E-state index contributed by atoms with van der Waals surface area (Å²) in [4.78, 5) is 0. The minimum absolute atomic E-state index is 0. The molecule has 0 fully saturated rings. The standard InChI is InChI=1S/C19H40O3.CH4/c1-3-4-5-6-7-8-9-10-11-12-13-14-15-18(21)19(22)17(2)16-20;/h17-22H,3-16H2,1-2H3;1H4/t17-,18+,19-;/m0./s1. The van der Waals surface area contributed by atoms with Crippen molar-refractivity contribution in [2.75, 3.05) is 6.61 Å². The molecule has 0 aliphatic rings. The molecule has 0 aliphatic carbocycles. The third-order valence-electron chi connectivity index (χ3n) is 4.62. The van der Waals surface area contributed by atoms with Gasteiger partial charge in [0.1, 0.15) is 0 Å². The van der Waals surface area contributed by atoms with E-state index in [0.29, 0.717) is 6.42 Å². The molecule has 0 rings (SSSR count). The molecule has 3 atom stereocenters. The van der Waals surface area contributed by atoms with Crippen molar-refractivity contribution in [1.29, 1.82) is 0 Å². The molecule has 142 valence electrons. The molecule has 0 aromatic rings. The average Bonchev–Trinajstić information content (AvgIpc) is 2.54. The van der Waals surface area contributed by atoms with Crippen LogP contribution in [0.15, 0.2) is 0 Å². The highest BCUT2D eigenvalue weighted by Crippen LogP contribution is 2.15. The summed E-state index contributed by atoms with van der Waals surface area (Å²) in [6, 6.07) is 0. The van der Waals surface area contributed by atoms with E-state index >= 15 is 0 Å². The molecule has 0 amide bonds. The molecule has 0 bridgehead atoms. The fourth-order valence-electron chi connectivity index (χ4n) is 2.85. The summed E-state index contributed by atoms with van der Waals surface area (Å²) >= 11 is 0. The largest absolute Gasteiger partial charge is 0.396 e. The number of hydrogen-bond acceptors (Lipinski definition) is 3. The van der Waals surface area contributed by atoms with Crippen LogP contribution < -0.4 is 0 Å². The molecule has 0 aromatic carbocycles. The molecule has 0 saturated carbocycles. The van der Waals surface area contributed by atoms with E-state index in [2.05, 4.69) is 6.92 Å². The van der Waals surface area contributed by atoms with E-state index in [1.807, 2.05) is 0 Å². The minimum Gasteiger partial charge on any atom is -0.396 e. The van der Waals surface area contributed by atoms with Crippen LogP contribution in [0.1, 0.15) is 105 Å².